The summed E-state index contributed by atoms with van der Waals surface area (Å²) in [6.07, 6.45) is 0. The van der Waals surface area contributed by atoms with Crippen molar-refractivity contribution in [3.05, 3.63) is 29.3 Å². The van der Waals surface area contributed by atoms with E-state index in [1.807, 2.05) is 24.3 Å². The van der Waals surface area contributed by atoms with Gasteiger partial charge in [0, 0.05) is 43.4 Å². The number of piperazine rings is 1. The van der Waals surface area contributed by atoms with Gasteiger partial charge in [0.25, 0.3) is 0 Å². The zero-order valence-electron chi connectivity index (χ0n) is 10.7. The highest BCUT2D eigenvalue weighted by molar-refractivity contribution is 7.80. The monoisotopic (exact) mass is 299 g/mol. The molecule has 0 spiro atoms. The van der Waals surface area contributed by atoms with Gasteiger partial charge in [0.15, 0.2) is 5.11 Å². The Morgan fingerprint density at radius 2 is 1.84 bits per heavy atom. The van der Waals surface area contributed by atoms with E-state index in [1.54, 1.807) is 0 Å². The number of nitrogens with zero attached hydrogens (tertiary/aromatic N) is 2. The van der Waals surface area contributed by atoms with Gasteiger partial charge in [-0.05, 0) is 36.5 Å². The van der Waals surface area contributed by atoms with Crippen LogP contribution in [-0.2, 0) is 0 Å². The average Bonchev–Trinajstić information content (AvgIpc) is 2.42. The third-order valence-electron chi connectivity index (χ3n) is 3.17. The molecule has 1 aliphatic rings. The van der Waals surface area contributed by atoms with Crippen molar-refractivity contribution in [1.29, 1.82) is 0 Å². The van der Waals surface area contributed by atoms with Crippen molar-refractivity contribution >= 4 is 34.6 Å². The molecule has 0 radical (unpaired) electrons. The fraction of sp³-hybridized carbons (Fsp3) is 0.462. The summed E-state index contributed by atoms with van der Waals surface area (Å²) >= 11 is 11.3. The van der Waals surface area contributed by atoms with E-state index < -0.39 is 0 Å². The zero-order valence-corrected chi connectivity index (χ0v) is 12.3. The van der Waals surface area contributed by atoms with E-state index in [4.69, 9.17) is 28.9 Å². The van der Waals surface area contributed by atoms with E-state index in [2.05, 4.69) is 15.1 Å². The predicted molar refractivity (Wildman–Crippen MR) is 82.8 cm³/mol. The van der Waals surface area contributed by atoms with Crippen molar-refractivity contribution in [2.75, 3.05) is 44.6 Å². The number of anilines is 1. The van der Waals surface area contributed by atoms with E-state index in [0.29, 0.717) is 5.02 Å². The van der Waals surface area contributed by atoms with Crippen LogP contribution >= 0.6 is 23.8 Å². The van der Waals surface area contributed by atoms with Crippen LogP contribution in [-0.4, -0.2) is 59.3 Å². The van der Waals surface area contributed by atoms with Crippen molar-refractivity contribution in [1.82, 2.24) is 9.80 Å². The molecule has 1 aliphatic heterocycles. The number of hydrogen-bond donors (Lipinski definition) is 2. The van der Waals surface area contributed by atoms with Crippen molar-refractivity contribution in [2.24, 2.45) is 0 Å². The van der Waals surface area contributed by atoms with Crippen molar-refractivity contribution in [3.8, 4) is 0 Å². The van der Waals surface area contributed by atoms with Gasteiger partial charge >= 0.3 is 0 Å². The molecule has 104 valence electrons. The standard InChI is InChI=1S/C13H18ClN3OS/c14-11-1-3-12(4-2-11)15-13(19)17-7-5-16(6-8-17)9-10-18/h1-4,18H,5-10H2,(H,15,19). The number of halogens is 1. The summed E-state index contributed by atoms with van der Waals surface area (Å²) in [6.45, 7) is 4.60. The number of nitrogens with one attached hydrogen (secondary N) is 1. The minimum Gasteiger partial charge on any atom is -0.395 e. The lowest BCUT2D eigenvalue weighted by Crippen LogP contribution is -2.50. The first-order chi connectivity index (χ1) is 9.19. The smallest absolute Gasteiger partial charge is 0.173 e. The number of aliphatic hydroxyl groups is 1. The molecule has 1 aromatic rings. The summed E-state index contributed by atoms with van der Waals surface area (Å²) in [5.74, 6) is 0. The molecule has 6 heteroatoms. The van der Waals surface area contributed by atoms with Crippen LogP contribution in [0.5, 0.6) is 0 Å². The number of thiocarbonyl (C=S) groups is 1. The van der Waals surface area contributed by atoms with E-state index in [0.717, 1.165) is 43.5 Å². The largest absolute Gasteiger partial charge is 0.395 e. The van der Waals surface area contributed by atoms with Gasteiger partial charge in [0.2, 0.25) is 0 Å². The fourth-order valence-corrected chi connectivity index (χ4v) is 2.48. The van der Waals surface area contributed by atoms with Gasteiger partial charge in [-0.25, -0.2) is 0 Å². The average molecular weight is 300 g/mol. The zero-order chi connectivity index (χ0) is 13.7. The summed E-state index contributed by atoms with van der Waals surface area (Å²) in [7, 11) is 0. The molecule has 1 saturated heterocycles. The highest BCUT2D eigenvalue weighted by Crippen LogP contribution is 2.14. The maximum absolute atomic E-state index is 8.91. The molecule has 2 rings (SSSR count). The highest BCUT2D eigenvalue weighted by Gasteiger charge is 2.18. The first-order valence-electron chi connectivity index (χ1n) is 6.34. The van der Waals surface area contributed by atoms with Gasteiger partial charge in [0.1, 0.15) is 0 Å². The maximum Gasteiger partial charge on any atom is 0.173 e. The fourth-order valence-electron chi connectivity index (χ4n) is 2.05. The Kier molecular flexibility index (Phi) is 5.39. The quantitative estimate of drug-likeness (QED) is 0.831. The SMILES string of the molecule is OCCN1CCN(C(=S)Nc2ccc(Cl)cc2)CC1. The molecule has 1 heterocycles. The Balaban J connectivity index is 1.83. The molecule has 0 aromatic heterocycles. The Morgan fingerprint density at radius 3 is 2.42 bits per heavy atom. The maximum atomic E-state index is 8.91. The molecule has 4 nitrogen and oxygen atoms in total. The predicted octanol–water partition coefficient (Wildman–Crippen LogP) is 1.65. The molecule has 2 N–H and O–H groups in total. The lowest BCUT2D eigenvalue weighted by Gasteiger charge is -2.35. The molecule has 0 amide bonds. The minimum atomic E-state index is 0.216. The molecule has 0 saturated carbocycles. The normalized spacial score (nSPS) is 16.4. The number of β-amino-alcohol motifs (C(OH)–C–C–N with tert-alkyl or cyclic N) is 1. The van der Waals surface area contributed by atoms with Crippen LogP contribution in [0.3, 0.4) is 0 Å². The van der Waals surface area contributed by atoms with Gasteiger partial charge in [-0.3, -0.25) is 4.90 Å². The first-order valence-corrected chi connectivity index (χ1v) is 7.12. The second-order valence-corrected chi connectivity index (χ2v) is 5.31. The van der Waals surface area contributed by atoms with E-state index in [-0.39, 0.29) is 6.61 Å². The van der Waals surface area contributed by atoms with Crippen molar-refractivity contribution in [2.45, 2.75) is 0 Å². The molecule has 0 bridgehead atoms. The Bertz CT molecular complexity index is 418. The van der Waals surface area contributed by atoms with Crippen LogP contribution in [0.1, 0.15) is 0 Å². The molecular weight excluding hydrogens is 282 g/mol. The van der Waals surface area contributed by atoms with Crippen molar-refractivity contribution in [3.63, 3.8) is 0 Å². The Labute approximate surface area is 124 Å². The highest BCUT2D eigenvalue weighted by atomic mass is 35.5. The number of hydrogen-bond acceptors (Lipinski definition) is 3. The third-order valence-corrected chi connectivity index (χ3v) is 3.78. The minimum absolute atomic E-state index is 0.216. The number of rotatable bonds is 3. The molecule has 0 aliphatic carbocycles. The Morgan fingerprint density at radius 1 is 1.21 bits per heavy atom. The van der Waals surface area contributed by atoms with Crippen LogP contribution in [0.25, 0.3) is 0 Å². The van der Waals surface area contributed by atoms with E-state index in [1.165, 1.54) is 0 Å². The van der Waals surface area contributed by atoms with E-state index >= 15 is 0 Å². The summed E-state index contributed by atoms with van der Waals surface area (Å²) in [4.78, 5) is 4.39. The second kappa shape index (κ2) is 7.05. The summed E-state index contributed by atoms with van der Waals surface area (Å²) in [5, 5.41) is 13.6. The van der Waals surface area contributed by atoms with Gasteiger partial charge in [-0.15, -0.1) is 0 Å². The van der Waals surface area contributed by atoms with Crippen LogP contribution < -0.4 is 5.32 Å². The summed E-state index contributed by atoms with van der Waals surface area (Å²) in [5.41, 5.74) is 0.951. The van der Waals surface area contributed by atoms with Crippen LogP contribution in [0, 0.1) is 0 Å². The molecule has 1 aromatic carbocycles. The van der Waals surface area contributed by atoms with Gasteiger partial charge in [-0.1, -0.05) is 11.6 Å². The molecule has 19 heavy (non-hydrogen) atoms. The topological polar surface area (TPSA) is 38.7 Å². The van der Waals surface area contributed by atoms with Crippen LogP contribution in [0.15, 0.2) is 24.3 Å². The van der Waals surface area contributed by atoms with Crippen molar-refractivity contribution < 1.29 is 5.11 Å². The molecule has 1 fully saturated rings. The number of benzene rings is 1. The van der Waals surface area contributed by atoms with Gasteiger partial charge in [-0.2, -0.15) is 0 Å². The molecule has 0 atom stereocenters. The molecule has 0 unspecified atom stereocenters. The summed E-state index contributed by atoms with van der Waals surface area (Å²) < 4.78 is 0. The summed E-state index contributed by atoms with van der Waals surface area (Å²) in [6, 6.07) is 7.50. The molecular formula is C13H18ClN3OS. The van der Waals surface area contributed by atoms with Crippen LogP contribution in [0.4, 0.5) is 5.69 Å². The van der Waals surface area contributed by atoms with Crippen LogP contribution in [0.2, 0.25) is 5.02 Å². The second-order valence-electron chi connectivity index (χ2n) is 4.49. The lowest BCUT2D eigenvalue weighted by molar-refractivity contribution is 0.148. The Hall–Kier alpha value is -0.880. The van der Waals surface area contributed by atoms with E-state index in [9.17, 15) is 0 Å². The third kappa shape index (κ3) is 4.31. The lowest BCUT2D eigenvalue weighted by atomic mass is 10.3. The first kappa shape index (κ1) is 14.5. The van der Waals surface area contributed by atoms with Gasteiger partial charge in [0.05, 0.1) is 6.61 Å². The van der Waals surface area contributed by atoms with Gasteiger partial charge < -0.3 is 15.3 Å². The number of aliphatic hydroxyl groups excluding tert-OH is 1.